The standard InChI is InChI=1S/C31H39N3O5S/c1-7-18-32-31(36)25(5)33(20-26-12-14-27(39-6)15-13-26)30(35)21-34(29-19-23(3)8-11-24(29)4)40(37,38)28-16-9-22(2)10-17-28/h8-17,19,25H,7,18,20-21H2,1-6H3,(H,32,36). The van der Waals surface area contributed by atoms with Gasteiger partial charge in [0, 0.05) is 13.1 Å². The summed E-state index contributed by atoms with van der Waals surface area (Å²) in [5.41, 5.74) is 3.69. The van der Waals surface area contributed by atoms with Crippen LogP contribution in [-0.2, 0) is 26.2 Å². The van der Waals surface area contributed by atoms with Crippen LogP contribution in [0.1, 0.15) is 42.5 Å². The Labute approximate surface area is 238 Å². The molecule has 0 aliphatic rings. The van der Waals surface area contributed by atoms with Gasteiger partial charge in [0.25, 0.3) is 10.0 Å². The van der Waals surface area contributed by atoms with Crippen LogP contribution < -0.4 is 14.4 Å². The average Bonchev–Trinajstić information content (AvgIpc) is 2.94. The zero-order valence-corrected chi connectivity index (χ0v) is 24.9. The van der Waals surface area contributed by atoms with E-state index in [0.29, 0.717) is 23.5 Å². The van der Waals surface area contributed by atoms with Crippen molar-refractivity contribution in [2.75, 3.05) is 24.5 Å². The number of anilines is 1. The minimum Gasteiger partial charge on any atom is -0.497 e. The molecule has 0 aliphatic heterocycles. The molecule has 0 bridgehead atoms. The number of nitrogens with one attached hydrogen (secondary N) is 1. The largest absolute Gasteiger partial charge is 0.497 e. The number of carbonyl (C=O) groups excluding carboxylic acids is 2. The van der Waals surface area contributed by atoms with E-state index in [4.69, 9.17) is 4.74 Å². The van der Waals surface area contributed by atoms with Gasteiger partial charge < -0.3 is 15.0 Å². The molecule has 8 nitrogen and oxygen atoms in total. The summed E-state index contributed by atoms with van der Waals surface area (Å²) in [4.78, 5) is 28.5. The lowest BCUT2D eigenvalue weighted by molar-refractivity contribution is -0.139. The molecule has 0 radical (unpaired) electrons. The van der Waals surface area contributed by atoms with Crippen LogP contribution in [0.25, 0.3) is 0 Å². The molecular weight excluding hydrogens is 526 g/mol. The Morgan fingerprint density at radius 1 is 0.925 bits per heavy atom. The van der Waals surface area contributed by atoms with E-state index < -0.39 is 28.5 Å². The lowest BCUT2D eigenvalue weighted by atomic mass is 10.1. The fraction of sp³-hybridized carbons (Fsp3) is 0.355. The number of nitrogens with zero attached hydrogens (tertiary/aromatic N) is 2. The SMILES string of the molecule is CCCNC(=O)C(C)N(Cc1ccc(OC)cc1)C(=O)CN(c1cc(C)ccc1C)S(=O)(=O)c1ccc(C)cc1. The number of methoxy groups -OCH3 is 1. The van der Waals surface area contributed by atoms with Gasteiger partial charge in [-0.3, -0.25) is 13.9 Å². The van der Waals surface area contributed by atoms with Gasteiger partial charge in [0.05, 0.1) is 17.7 Å². The van der Waals surface area contributed by atoms with Crippen LogP contribution in [0.5, 0.6) is 5.75 Å². The van der Waals surface area contributed by atoms with Gasteiger partial charge >= 0.3 is 0 Å². The second-order valence-electron chi connectivity index (χ2n) is 9.95. The van der Waals surface area contributed by atoms with E-state index in [1.165, 1.54) is 4.90 Å². The summed E-state index contributed by atoms with van der Waals surface area (Å²) in [6.45, 7) is 9.29. The van der Waals surface area contributed by atoms with Crippen LogP contribution in [0.4, 0.5) is 5.69 Å². The van der Waals surface area contributed by atoms with Crippen molar-refractivity contribution < 1.29 is 22.7 Å². The molecule has 2 amide bonds. The highest BCUT2D eigenvalue weighted by atomic mass is 32.2. The monoisotopic (exact) mass is 565 g/mol. The van der Waals surface area contributed by atoms with Gasteiger partial charge in [-0.1, -0.05) is 48.9 Å². The summed E-state index contributed by atoms with van der Waals surface area (Å²) in [5.74, 6) is -0.129. The van der Waals surface area contributed by atoms with E-state index in [-0.39, 0.29) is 17.3 Å². The highest BCUT2D eigenvalue weighted by Crippen LogP contribution is 2.29. The molecule has 1 unspecified atom stereocenters. The van der Waals surface area contributed by atoms with Crippen molar-refractivity contribution in [1.29, 1.82) is 0 Å². The summed E-state index contributed by atoms with van der Waals surface area (Å²) in [6.07, 6.45) is 0.750. The Hall–Kier alpha value is -3.85. The maximum Gasteiger partial charge on any atom is 0.264 e. The third-order valence-corrected chi connectivity index (χ3v) is 8.52. The van der Waals surface area contributed by atoms with Crippen molar-refractivity contribution in [3.63, 3.8) is 0 Å². The molecule has 0 aromatic heterocycles. The normalized spacial score (nSPS) is 11.9. The predicted octanol–water partition coefficient (Wildman–Crippen LogP) is 4.76. The molecule has 0 saturated carbocycles. The summed E-state index contributed by atoms with van der Waals surface area (Å²) in [6, 6.07) is 18.4. The number of benzene rings is 3. The minimum absolute atomic E-state index is 0.0854. The smallest absolute Gasteiger partial charge is 0.264 e. The molecule has 0 spiro atoms. The van der Waals surface area contributed by atoms with E-state index in [1.807, 2.05) is 52.0 Å². The summed E-state index contributed by atoms with van der Waals surface area (Å²) < 4.78 is 34.4. The average molecular weight is 566 g/mol. The molecule has 40 heavy (non-hydrogen) atoms. The number of rotatable bonds is 12. The van der Waals surface area contributed by atoms with Crippen LogP contribution in [0.3, 0.4) is 0 Å². The highest BCUT2D eigenvalue weighted by Gasteiger charge is 2.33. The number of hydrogen-bond donors (Lipinski definition) is 1. The van der Waals surface area contributed by atoms with Gasteiger partial charge in [-0.25, -0.2) is 8.42 Å². The van der Waals surface area contributed by atoms with Crippen LogP contribution in [0.2, 0.25) is 0 Å². The fourth-order valence-electron chi connectivity index (χ4n) is 4.25. The van der Waals surface area contributed by atoms with Crippen molar-refractivity contribution in [1.82, 2.24) is 10.2 Å². The maximum absolute atomic E-state index is 14.0. The molecule has 0 fully saturated rings. The Bertz CT molecular complexity index is 1420. The van der Waals surface area contributed by atoms with Crippen molar-refractivity contribution >= 4 is 27.5 Å². The van der Waals surface area contributed by atoms with E-state index >= 15 is 0 Å². The zero-order valence-electron chi connectivity index (χ0n) is 24.1. The fourth-order valence-corrected chi connectivity index (χ4v) is 5.72. The van der Waals surface area contributed by atoms with Gasteiger partial charge in [-0.15, -0.1) is 0 Å². The van der Waals surface area contributed by atoms with Gasteiger partial charge in [0.1, 0.15) is 18.3 Å². The third-order valence-electron chi connectivity index (χ3n) is 6.75. The summed E-state index contributed by atoms with van der Waals surface area (Å²) in [7, 11) is -2.54. The van der Waals surface area contributed by atoms with E-state index in [9.17, 15) is 18.0 Å². The second-order valence-corrected chi connectivity index (χ2v) is 11.8. The second kappa shape index (κ2) is 13.5. The minimum atomic E-state index is -4.11. The van der Waals surface area contributed by atoms with Crippen molar-refractivity contribution in [2.24, 2.45) is 0 Å². The van der Waals surface area contributed by atoms with Gasteiger partial charge in [0.15, 0.2) is 0 Å². The topological polar surface area (TPSA) is 96.0 Å². The number of amides is 2. The number of aryl methyl sites for hydroxylation is 3. The highest BCUT2D eigenvalue weighted by molar-refractivity contribution is 7.92. The molecule has 0 heterocycles. The summed E-state index contributed by atoms with van der Waals surface area (Å²) >= 11 is 0. The third kappa shape index (κ3) is 7.41. The Balaban J connectivity index is 2.05. The van der Waals surface area contributed by atoms with E-state index in [1.54, 1.807) is 56.5 Å². The van der Waals surface area contributed by atoms with Crippen LogP contribution in [-0.4, -0.2) is 51.4 Å². The van der Waals surface area contributed by atoms with Crippen molar-refractivity contribution in [2.45, 2.75) is 58.5 Å². The zero-order chi connectivity index (χ0) is 29.4. The number of carbonyl (C=O) groups is 2. The molecule has 0 saturated heterocycles. The lowest BCUT2D eigenvalue weighted by Gasteiger charge is -2.32. The Kier molecular flexibility index (Phi) is 10.3. The molecule has 1 N–H and O–H groups in total. The Morgan fingerprint density at radius 2 is 1.55 bits per heavy atom. The molecule has 214 valence electrons. The van der Waals surface area contributed by atoms with Gasteiger partial charge in [0.2, 0.25) is 11.8 Å². The molecule has 3 aromatic carbocycles. The molecule has 3 aromatic rings. The van der Waals surface area contributed by atoms with Crippen LogP contribution >= 0.6 is 0 Å². The van der Waals surface area contributed by atoms with Crippen LogP contribution in [0.15, 0.2) is 71.6 Å². The van der Waals surface area contributed by atoms with E-state index in [0.717, 1.165) is 27.4 Å². The van der Waals surface area contributed by atoms with Crippen molar-refractivity contribution in [3.8, 4) is 5.75 Å². The quantitative estimate of drug-likeness (QED) is 0.342. The summed E-state index contributed by atoms with van der Waals surface area (Å²) in [5, 5.41) is 2.85. The molecule has 1 atom stereocenters. The number of ether oxygens (including phenoxy) is 1. The van der Waals surface area contributed by atoms with Gasteiger partial charge in [-0.2, -0.15) is 0 Å². The molecule has 9 heteroatoms. The first-order valence-electron chi connectivity index (χ1n) is 13.3. The Morgan fingerprint density at radius 3 is 2.15 bits per heavy atom. The number of hydrogen-bond acceptors (Lipinski definition) is 5. The first kappa shape index (κ1) is 30.7. The lowest BCUT2D eigenvalue weighted by Crippen LogP contribution is -2.51. The molecule has 3 rings (SSSR count). The first-order chi connectivity index (χ1) is 19.0. The molecule has 0 aliphatic carbocycles. The van der Waals surface area contributed by atoms with Gasteiger partial charge in [-0.05, 0) is 81.1 Å². The first-order valence-corrected chi connectivity index (χ1v) is 14.8. The molecular formula is C31H39N3O5S. The van der Waals surface area contributed by atoms with E-state index in [2.05, 4.69) is 5.32 Å². The van der Waals surface area contributed by atoms with Crippen molar-refractivity contribution in [3.05, 3.63) is 89.0 Å². The van der Waals surface area contributed by atoms with Crippen LogP contribution in [0, 0.1) is 20.8 Å². The predicted molar refractivity (Wildman–Crippen MR) is 158 cm³/mol. The number of sulfonamides is 1. The maximum atomic E-state index is 14.0.